The smallest absolute Gasteiger partial charge is 0.0615 e. The molecule has 1 N–H and O–H groups in total. The third-order valence-electron chi connectivity index (χ3n) is 3.96. The predicted octanol–water partition coefficient (Wildman–Crippen LogP) is 2.85. The van der Waals surface area contributed by atoms with Gasteiger partial charge in [0.15, 0.2) is 0 Å². The third kappa shape index (κ3) is 3.76. The van der Waals surface area contributed by atoms with Gasteiger partial charge in [0.05, 0.1) is 12.7 Å². The lowest BCUT2D eigenvalue weighted by atomic mass is 9.76. The van der Waals surface area contributed by atoms with Crippen molar-refractivity contribution in [2.45, 2.75) is 52.1 Å². The van der Waals surface area contributed by atoms with E-state index in [1.54, 1.807) is 7.11 Å². The molecule has 0 aliphatic heterocycles. The van der Waals surface area contributed by atoms with Crippen molar-refractivity contribution in [3.8, 4) is 0 Å². The lowest BCUT2D eigenvalue weighted by Gasteiger charge is -2.33. The predicted molar refractivity (Wildman–Crippen MR) is 62.8 cm³/mol. The Hall–Kier alpha value is -0.0800. The summed E-state index contributed by atoms with van der Waals surface area (Å²) >= 11 is 0. The number of hydrogen-bond donors (Lipinski definition) is 1. The van der Waals surface area contributed by atoms with Crippen LogP contribution in [0, 0.1) is 17.8 Å². The molecule has 2 heteroatoms. The average Bonchev–Trinajstić information content (AvgIpc) is 2.28. The van der Waals surface area contributed by atoms with E-state index in [0.717, 1.165) is 5.92 Å². The van der Waals surface area contributed by atoms with Crippen LogP contribution in [-0.4, -0.2) is 24.9 Å². The Morgan fingerprint density at radius 1 is 1.27 bits per heavy atom. The molecule has 1 aliphatic rings. The van der Waals surface area contributed by atoms with E-state index in [0.29, 0.717) is 12.5 Å². The first-order valence-electron chi connectivity index (χ1n) is 6.36. The molecule has 0 heterocycles. The van der Waals surface area contributed by atoms with Crippen LogP contribution in [0.4, 0.5) is 0 Å². The average molecular weight is 214 g/mol. The molecule has 2 atom stereocenters. The number of hydrogen-bond acceptors (Lipinski definition) is 2. The van der Waals surface area contributed by atoms with Crippen LogP contribution in [0.25, 0.3) is 0 Å². The minimum atomic E-state index is -0.164. The molecule has 0 spiro atoms. The van der Waals surface area contributed by atoms with E-state index >= 15 is 0 Å². The molecular weight excluding hydrogens is 188 g/mol. The van der Waals surface area contributed by atoms with Crippen LogP contribution in [0.5, 0.6) is 0 Å². The van der Waals surface area contributed by atoms with E-state index in [1.807, 2.05) is 0 Å². The van der Waals surface area contributed by atoms with E-state index in [9.17, 15) is 5.11 Å². The van der Waals surface area contributed by atoms with Gasteiger partial charge in [0.1, 0.15) is 0 Å². The van der Waals surface area contributed by atoms with Gasteiger partial charge in [0.25, 0.3) is 0 Å². The molecule has 1 aliphatic carbocycles. The fraction of sp³-hybridized carbons (Fsp3) is 1.00. The molecule has 1 rings (SSSR count). The molecular formula is C13H26O2. The SMILES string of the molecule is CCC1CCC(C(O)C(C)COC)CC1. The van der Waals surface area contributed by atoms with Crippen molar-refractivity contribution in [3.05, 3.63) is 0 Å². The summed E-state index contributed by atoms with van der Waals surface area (Å²) in [6, 6.07) is 0. The zero-order valence-corrected chi connectivity index (χ0v) is 10.4. The summed E-state index contributed by atoms with van der Waals surface area (Å²) in [5, 5.41) is 10.2. The minimum absolute atomic E-state index is 0.164. The lowest BCUT2D eigenvalue weighted by molar-refractivity contribution is 0.00150. The van der Waals surface area contributed by atoms with Gasteiger partial charge in [-0.05, 0) is 24.7 Å². The quantitative estimate of drug-likeness (QED) is 0.762. The first kappa shape index (κ1) is 13.0. The van der Waals surface area contributed by atoms with Crippen LogP contribution in [0.15, 0.2) is 0 Å². The Morgan fingerprint density at radius 2 is 1.87 bits per heavy atom. The monoisotopic (exact) mass is 214 g/mol. The van der Waals surface area contributed by atoms with Crippen LogP contribution in [0.1, 0.15) is 46.0 Å². The van der Waals surface area contributed by atoms with Crippen LogP contribution in [0.3, 0.4) is 0 Å². The van der Waals surface area contributed by atoms with E-state index in [-0.39, 0.29) is 12.0 Å². The highest BCUT2D eigenvalue weighted by Crippen LogP contribution is 2.34. The second-order valence-corrected chi connectivity index (χ2v) is 5.11. The Kier molecular flexibility index (Phi) is 5.62. The van der Waals surface area contributed by atoms with Gasteiger partial charge in [-0.15, -0.1) is 0 Å². The van der Waals surface area contributed by atoms with Crippen LogP contribution >= 0.6 is 0 Å². The second-order valence-electron chi connectivity index (χ2n) is 5.11. The van der Waals surface area contributed by atoms with Gasteiger partial charge in [-0.2, -0.15) is 0 Å². The molecule has 0 amide bonds. The standard InChI is InChI=1S/C13H26O2/c1-4-11-5-7-12(8-6-11)13(14)10(2)9-15-3/h10-14H,4-9H2,1-3H3. The molecule has 0 saturated heterocycles. The molecule has 2 nitrogen and oxygen atoms in total. The van der Waals surface area contributed by atoms with Crippen molar-refractivity contribution < 1.29 is 9.84 Å². The summed E-state index contributed by atoms with van der Waals surface area (Å²) in [5.41, 5.74) is 0. The van der Waals surface area contributed by atoms with Gasteiger partial charge in [0.2, 0.25) is 0 Å². The van der Waals surface area contributed by atoms with Crippen LogP contribution < -0.4 is 0 Å². The third-order valence-corrected chi connectivity index (χ3v) is 3.96. The summed E-state index contributed by atoms with van der Waals surface area (Å²) < 4.78 is 5.10. The van der Waals surface area contributed by atoms with Gasteiger partial charge in [0, 0.05) is 13.0 Å². The molecule has 15 heavy (non-hydrogen) atoms. The van der Waals surface area contributed by atoms with Crippen molar-refractivity contribution in [2.75, 3.05) is 13.7 Å². The number of methoxy groups -OCH3 is 1. The molecule has 1 saturated carbocycles. The van der Waals surface area contributed by atoms with Gasteiger partial charge in [-0.3, -0.25) is 0 Å². The van der Waals surface area contributed by atoms with Crippen molar-refractivity contribution in [3.63, 3.8) is 0 Å². The van der Waals surface area contributed by atoms with E-state index in [1.165, 1.54) is 32.1 Å². The van der Waals surface area contributed by atoms with Crippen LogP contribution in [0.2, 0.25) is 0 Å². The summed E-state index contributed by atoms with van der Waals surface area (Å²) in [6.45, 7) is 5.03. The molecule has 0 aromatic rings. The first-order valence-corrected chi connectivity index (χ1v) is 6.36. The Bertz CT molecular complexity index is 162. The maximum atomic E-state index is 10.2. The maximum absolute atomic E-state index is 10.2. The highest BCUT2D eigenvalue weighted by molar-refractivity contribution is 4.79. The zero-order valence-electron chi connectivity index (χ0n) is 10.4. The number of rotatable bonds is 5. The topological polar surface area (TPSA) is 29.5 Å². The highest BCUT2D eigenvalue weighted by Gasteiger charge is 2.28. The normalized spacial score (nSPS) is 31.2. The zero-order chi connectivity index (χ0) is 11.3. The largest absolute Gasteiger partial charge is 0.392 e. The fourth-order valence-electron chi connectivity index (χ4n) is 2.76. The summed E-state index contributed by atoms with van der Waals surface area (Å²) in [4.78, 5) is 0. The number of aliphatic hydroxyl groups excluding tert-OH is 1. The minimum Gasteiger partial charge on any atom is -0.392 e. The van der Waals surface area contributed by atoms with Gasteiger partial charge in [-0.25, -0.2) is 0 Å². The van der Waals surface area contributed by atoms with Crippen molar-refractivity contribution in [1.29, 1.82) is 0 Å². The maximum Gasteiger partial charge on any atom is 0.0615 e. The van der Waals surface area contributed by atoms with Gasteiger partial charge in [-0.1, -0.05) is 33.1 Å². The molecule has 90 valence electrons. The number of aliphatic hydroxyl groups is 1. The second kappa shape index (κ2) is 6.49. The molecule has 0 radical (unpaired) electrons. The van der Waals surface area contributed by atoms with Gasteiger partial charge >= 0.3 is 0 Å². The van der Waals surface area contributed by atoms with E-state index in [2.05, 4.69) is 13.8 Å². The Balaban J connectivity index is 2.32. The fourth-order valence-corrected chi connectivity index (χ4v) is 2.76. The lowest BCUT2D eigenvalue weighted by Crippen LogP contribution is -2.32. The summed E-state index contributed by atoms with van der Waals surface area (Å²) in [7, 11) is 1.71. The molecule has 1 fully saturated rings. The van der Waals surface area contributed by atoms with Crippen molar-refractivity contribution in [1.82, 2.24) is 0 Å². The summed E-state index contributed by atoms with van der Waals surface area (Å²) in [6.07, 6.45) is 6.15. The molecule has 0 aromatic carbocycles. The van der Waals surface area contributed by atoms with Crippen molar-refractivity contribution in [2.24, 2.45) is 17.8 Å². The van der Waals surface area contributed by atoms with E-state index < -0.39 is 0 Å². The van der Waals surface area contributed by atoms with Crippen molar-refractivity contribution >= 4 is 0 Å². The Labute approximate surface area is 94.0 Å². The molecule has 0 bridgehead atoms. The van der Waals surface area contributed by atoms with Crippen LogP contribution in [-0.2, 0) is 4.74 Å². The highest BCUT2D eigenvalue weighted by atomic mass is 16.5. The summed E-state index contributed by atoms with van der Waals surface area (Å²) in [5.74, 6) is 1.70. The van der Waals surface area contributed by atoms with E-state index in [4.69, 9.17) is 4.74 Å². The molecule has 2 unspecified atom stereocenters. The molecule has 0 aromatic heterocycles. The number of ether oxygens (including phenoxy) is 1. The van der Waals surface area contributed by atoms with Gasteiger partial charge < -0.3 is 9.84 Å². The first-order chi connectivity index (χ1) is 7.19. The Morgan fingerprint density at radius 3 is 2.33 bits per heavy atom.